The van der Waals surface area contributed by atoms with Crippen molar-refractivity contribution in [3.63, 3.8) is 0 Å². The van der Waals surface area contributed by atoms with Gasteiger partial charge in [0.1, 0.15) is 5.03 Å². The van der Waals surface area contributed by atoms with Crippen LogP contribution in [-0.4, -0.2) is 23.8 Å². The van der Waals surface area contributed by atoms with E-state index < -0.39 is 0 Å². The summed E-state index contributed by atoms with van der Waals surface area (Å²) in [6.45, 7) is 6.18. The van der Waals surface area contributed by atoms with Gasteiger partial charge < -0.3 is 4.74 Å². The maximum absolute atomic E-state index is 11.2. The molecule has 19 heavy (non-hydrogen) atoms. The molecular weight excluding hydrogens is 258 g/mol. The van der Waals surface area contributed by atoms with Crippen LogP contribution in [0.5, 0.6) is 0 Å². The Hall–Kier alpha value is -1.55. The number of ether oxygens (including phenoxy) is 1. The van der Waals surface area contributed by atoms with Crippen LogP contribution in [0.25, 0.3) is 10.9 Å². The number of aromatic nitrogens is 1. The summed E-state index contributed by atoms with van der Waals surface area (Å²) < 4.78 is 4.65. The van der Waals surface area contributed by atoms with E-state index in [0.29, 0.717) is 5.75 Å². The van der Waals surface area contributed by atoms with E-state index in [1.54, 1.807) is 0 Å². The summed E-state index contributed by atoms with van der Waals surface area (Å²) in [7, 11) is 1.40. The third-order valence-corrected chi connectivity index (χ3v) is 4.05. The zero-order valence-electron chi connectivity index (χ0n) is 11.6. The first-order chi connectivity index (χ1) is 9.01. The predicted octanol–water partition coefficient (Wildman–Crippen LogP) is 3.43. The highest BCUT2D eigenvalue weighted by Gasteiger charge is 2.09. The minimum absolute atomic E-state index is 0.230. The zero-order valence-corrected chi connectivity index (χ0v) is 12.4. The highest BCUT2D eigenvalue weighted by atomic mass is 32.2. The maximum atomic E-state index is 11.2. The Morgan fingerprint density at radius 2 is 1.95 bits per heavy atom. The minimum Gasteiger partial charge on any atom is -0.468 e. The fourth-order valence-electron chi connectivity index (χ4n) is 2.04. The van der Waals surface area contributed by atoms with Crippen molar-refractivity contribution in [3.8, 4) is 0 Å². The number of esters is 1. The van der Waals surface area contributed by atoms with Crippen LogP contribution in [0.15, 0.2) is 23.2 Å². The van der Waals surface area contributed by atoms with Crippen molar-refractivity contribution < 1.29 is 9.53 Å². The molecule has 1 aromatic carbocycles. The maximum Gasteiger partial charge on any atom is 0.316 e. The molecule has 0 atom stereocenters. The lowest BCUT2D eigenvalue weighted by molar-refractivity contribution is -0.137. The van der Waals surface area contributed by atoms with Gasteiger partial charge in [0.05, 0.1) is 18.4 Å². The number of hydrogen-bond donors (Lipinski definition) is 0. The molecule has 100 valence electrons. The third kappa shape index (κ3) is 3.07. The SMILES string of the molecule is COC(=O)CSc1nc2cc(C)cc(C)c2cc1C. The van der Waals surface area contributed by atoms with E-state index in [1.165, 1.54) is 35.4 Å². The molecule has 0 bridgehead atoms. The number of fused-ring (bicyclic) bond motifs is 1. The lowest BCUT2D eigenvalue weighted by atomic mass is 10.1. The van der Waals surface area contributed by atoms with Gasteiger partial charge in [-0.1, -0.05) is 17.8 Å². The first-order valence-electron chi connectivity index (χ1n) is 6.09. The van der Waals surface area contributed by atoms with E-state index in [2.05, 4.69) is 41.8 Å². The van der Waals surface area contributed by atoms with Crippen LogP contribution in [0.1, 0.15) is 16.7 Å². The molecule has 2 aromatic rings. The molecule has 0 spiro atoms. The largest absolute Gasteiger partial charge is 0.468 e. The number of pyridine rings is 1. The van der Waals surface area contributed by atoms with Crippen LogP contribution in [-0.2, 0) is 9.53 Å². The average Bonchev–Trinajstić information content (AvgIpc) is 2.37. The Balaban J connectivity index is 2.40. The molecule has 0 unspecified atom stereocenters. The fraction of sp³-hybridized carbons (Fsp3) is 0.333. The van der Waals surface area contributed by atoms with Crippen molar-refractivity contribution in [1.82, 2.24) is 4.98 Å². The van der Waals surface area contributed by atoms with Gasteiger partial charge in [-0.2, -0.15) is 0 Å². The number of carbonyl (C=O) groups excluding carboxylic acids is 1. The number of methoxy groups -OCH3 is 1. The van der Waals surface area contributed by atoms with Gasteiger partial charge >= 0.3 is 5.97 Å². The summed E-state index contributed by atoms with van der Waals surface area (Å²) in [4.78, 5) is 15.9. The molecular formula is C15H17NO2S. The molecule has 2 rings (SSSR count). The van der Waals surface area contributed by atoms with Gasteiger partial charge in [0.25, 0.3) is 0 Å². The van der Waals surface area contributed by atoms with Crippen LogP contribution < -0.4 is 0 Å². The van der Waals surface area contributed by atoms with Gasteiger partial charge in [-0.25, -0.2) is 4.98 Å². The topological polar surface area (TPSA) is 39.2 Å². The molecule has 1 aromatic heterocycles. The number of aryl methyl sites for hydroxylation is 3. The number of carbonyl (C=O) groups is 1. The Morgan fingerprint density at radius 3 is 2.63 bits per heavy atom. The van der Waals surface area contributed by atoms with E-state index in [9.17, 15) is 4.79 Å². The van der Waals surface area contributed by atoms with Crippen LogP contribution in [0.4, 0.5) is 0 Å². The Labute approximate surface area is 117 Å². The molecule has 0 aliphatic heterocycles. The zero-order chi connectivity index (χ0) is 14.0. The van der Waals surface area contributed by atoms with Crippen LogP contribution >= 0.6 is 11.8 Å². The molecule has 0 aliphatic rings. The summed E-state index contributed by atoms with van der Waals surface area (Å²) in [5.41, 5.74) is 4.50. The molecule has 0 radical (unpaired) electrons. The number of benzene rings is 1. The Kier molecular flexibility index (Phi) is 4.10. The van der Waals surface area contributed by atoms with Gasteiger partial charge in [-0.3, -0.25) is 4.79 Å². The van der Waals surface area contributed by atoms with Gasteiger partial charge in [0.2, 0.25) is 0 Å². The van der Waals surface area contributed by atoms with Crippen molar-refractivity contribution in [3.05, 3.63) is 34.9 Å². The van der Waals surface area contributed by atoms with E-state index >= 15 is 0 Å². The third-order valence-electron chi connectivity index (χ3n) is 2.98. The van der Waals surface area contributed by atoms with Crippen LogP contribution in [0.3, 0.4) is 0 Å². The first kappa shape index (κ1) is 13.9. The van der Waals surface area contributed by atoms with E-state index in [4.69, 9.17) is 0 Å². The number of hydrogen-bond acceptors (Lipinski definition) is 4. The lowest BCUT2D eigenvalue weighted by Crippen LogP contribution is -2.03. The van der Waals surface area contributed by atoms with E-state index in [0.717, 1.165) is 16.1 Å². The molecule has 0 fully saturated rings. The number of rotatable bonds is 3. The van der Waals surface area contributed by atoms with Gasteiger partial charge in [-0.05, 0) is 49.6 Å². The molecule has 0 saturated heterocycles. The first-order valence-corrected chi connectivity index (χ1v) is 7.08. The molecule has 4 heteroatoms. The van der Waals surface area contributed by atoms with Crippen molar-refractivity contribution in [2.45, 2.75) is 25.8 Å². The van der Waals surface area contributed by atoms with E-state index in [1.807, 2.05) is 6.92 Å². The highest BCUT2D eigenvalue weighted by molar-refractivity contribution is 7.99. The number of thioether (sulfide) groups is 1. The Morgan fingerprint density at radius 1 is 1.21 bits per heavy atom. The second-order valence-electron chi connectivity index (χ2n) is 4.62. The summed E-state index contributed by atoms with van der Waals surface area (Å²) in [5.74, 6) is 0.0624. The minimum atomic E-state index is -0.230. The predicted molar refractivity (Wildman–Crippen MR) is 78.7 cm³/mol. The van der Waals surface area contributed by atoms with Gasteiger partial charge in [0.15, 0.2) is 0 Å². The van der Waals surface area contributed by atoms with Crippen molar-refractivity contribution in [1.29, 1.82) is 0 Å². The molecule has 0 amide bonds. The summed E-state index contributed by atoms with van der Waals surface area (Å²) in [5, 5.41) is 2.06. The summed E-state index contributed by atoms with van der Waals surface area (Å²) >= 11 is 1.42. The van der Waals surface area contributed by atoms with Crippen molar-refractivity contribution >= 4 is 28.6 Å². The van der Waals surface area contributed by atoms with Gasteiger partial charge in [-0.15, -0.1) is 0 Å². The normalized spacial score (nSPS) is 10.7. The van der Waals surface area contributed by atoms with Crippen LogP contribution in [0.2, 0.25) is 0 Å². The van der Waals surface area contributed by atoms with E-state index in [-0.39, 0.29) is 5.97 Å². The average molecular weight is 275 g/mol. The summed E-state index contributed by atoms with van der Waals surface area (Å²) in [6.07, 6.45) is 0. The van der Waals surface area contributed by atoms with Crippen LogP contribution in [0, 0.1) is 20.8 Å². The molecule has 3 nitrogen and oxygen atoms in total. The quantitative estimate of drug-likeness (QED) is 0.635. The molecule has 1 heterocycles. The molecule has 0 N–H and O–H groups in total. The van der Waals surface area contributed by atoms with Crippen molar-refractivity contribution in [2.75, 3.05) is 12.9 Å². The fourth-order valence-corrected chi connectivity index (χ4v) is 2.87. The smallest absolute Gasteiger partial charge is 0.316 e. The molecule has 0 aliphatic carbocycles. The monoisotopic (exact) mass is 275 g/mol. The second kappa shape index (κ2) is 5.61. The van der Waals surface area contributed by atoms with Gasteiger partial charge in [0, 0.05) is 5.39 Å². The summed E-state index contributed by atoms with van der Waals surface area (Å²) in [6, 6.07) is 6.37. The molecule has 0 saturated carbocycles. The Bertz CT molecular complexity index is 638. The number of nitrogens with zero attached hydrogens (tertiary/aromatic N) is 1. The second-order valence-corrected chi connectivity index (χ2v) is 5.59. The highest BCUT2D eigenvalue weighted by Crippen LogP contribution is 2.27. The van der Waals surface area contributed by atoms with Crippen molar-refractivity contribution in [2.24, 2.45) is 0 Å². The standard InChI is InChI=1S/C15H17NO2S/c1-9-5-10(2)12-7-11(3)15(16-13(12)6-9)19-8-14(17)18-4/h5-7H,8H2,1-4H3. The lowest BCUT2D eigenvalue weighted by Gasteiger charge is -2.09.